The van der Waals surface area contributed by atoms with Gasteiger partial charge in [-0.1, -0.05) is 19.3 Å². The fourth-order valence-electron chi connectivity index (χ4n) is 3.07. The summed E-state index contributed by atoms with van der Waals surface area (Å²) in [6.07, 6.45) is 7.61. The van der Waals surface area contributed by atoms with Gasteiger partial charge in [-0.05, 0) is 18.9 Å². The van der Waals surface area contributed by atoms with Crippen LogP contribution in [0.15, 0.2) is 21.9 Å². The Morgan fingerprint density at radius 3 is 2.57 bits per heavy atom. The van der Waals surface area contributed by atoms with Gasteiger partial charge in [0.1, 0.15) is 5.39 Å². The Balaban J connectivity index is 2.15. The molecule has 0 radical (unpaired) electrons. The van der Waals surface area contributed by atoms with Gasteiger partial charge in [0.05, 0.1) is 5.69 Å². The fourth-order valence-corrected chi connectivity index (χ4v) is 3.07. The summed E-state index contributed by atoms with van der Waals surface area (Å²) in [6.45, 7) is 0. The molecule has 1 fully saturated rings. The van der Waals surface area contributed by atoms with Gasteiger partial charge in [0.15, 0.2) is 5.65 Å². The highest BCUT2D eigenvalue weighted by Crippen LogP contribution is 2.24. The summed E-state index contributed by atoms with van der Waals surface area (Å²) in [5, 5.41) is 3.96. The summed E-state index contributed by atoms with van der Waals surface area (Å²) in [6, 6.07) is 2.22. The summed E-state index contributed by atoms with van der Waals surface area (Å²) in [5.41, 5.74) is 0.571. The highest BCUT2D eigenvalue weighted by molar-refractivity contribution is 5.88. The third-order valence-corrected chi connectivity index (χ3v) is 4.31. The van der Waals surface area contributed by atoms with Crippen molar-refractivity contribution < 1.29 is 0 Å². The van der Waals surface area contributed by atoms with Crippen molar-refractivity contribution in [3.63, 3.8) is 0 Å². The number of hydrogen-bond acceptors (Lipinski definition) is 4. The van der Waals surface area contributed by atoms with Gasteiger partial charge in [0, 0.05) is 26.3 Å². The number of hydrogen-bond donors (Lipinski definition) is 1. The van der Waals surface area contributed by atoms with Crippen LogP contribution in [0.4, 0.5) is 5.69 Å². The van der Waals surface area contributed by atoms with E-state index in [4.69, 9.17) is 0 Å². The van der Waals surface area contributed by atoms with E-state index < -0.39 is 0 Å². The zero-order chi connectivity index (χ0) is 15.0. The van der Waals surface area contributed by atoms with E-state index in [0.29, 0.717) is 17.1 Å². The maximum absolute atomic E-state index is 12.4. The minimum atomic E-state index is -0.352. The van der Waals surface area contributed by atoms with Crippen LogP contribution in [0.3, 0.4) is 0 Å². The van der Waals surface area contributed by atoms with Crippen LogP contribution in [0.25, 0.3) is 11.0 Å². The Morgan fingerprint density at radius 1 is 1.14 bits per heavy atom. The topological polar surface area (TPSA) is 68.9 Å². The summed E-state index contributed by atoms with van der Waals surface area (Å²) in [4.78, 5) is 28.6. The first kappa shape index (κ1) is 13.9. The Hall–Kier alpha value is -2.11. The van der Waals surface area contributed by atoms with Gasteiger partial charge < -0.3 is 5.32 Å². The number of anilines is 1. The smallest absolute Gasteiger partial charge is 0.332 e. The summed E-state index contributed by atoms with van der Waals surface area (Å²) >= 11 is 0. The number of pyridine rings is 1. The minimum absolute atomic E-state index is 0.292. The van der Waals surface area contributed by atoms with Gasteiger partial charge in [-0.25, -0.2) is 9.78 Å². The molecule has 0 bridgehead atoms. The molecule has 21 heavy (non-hydrogen) atoms. The molecule has 2 aromatic rings. The summed E-state index contributed by atoms with van der Waals surface area (Å²) in [5.74, 6) is 0. The maximum Gasteiger partial charge on any atom is 0.332 e. The summed E-state index contributed by atoms with van der Waals surface area (Å²) in [7, 11) is 3.14. The lowest BCUT2D eigenvalue weighted by molar-refractivity contribution is 0.463. The highest BCUT2D eigenvalue weighted by Gasteiger charge is 2.17. The lowest BCUT2D eigenvalue weighted by atomic mass is 9.95. The number of rotatable bonds is 2. The highest BCUT2D eigenvalue weighted by atomic mass is 16.2. The average Bonchev–Trinajstić information content (AvgIpc) is 2.51. The van der Waals surface area contributed by atoms with Crippen LogP contribution >= 0.6 is 0 Å². The van der Waals surface area contributed by atoms with Gasteiger partial charge in [-0.2, -0.15) is 0 Å². The molecule has 1 saturated carbocycles. The molecular formula is C15H20N4O2. The molecule has 0 spiro atoms. The molecule has 6 nitrogen and oxygen atoms in total. The molecule has 3 rings (SSSR count). The molecule has 0 aliphatic heterocycles. The number of fused-ring (bicyclic) bond motifs is 1. The molecule has 0 amide bonds. The number of aromatic nitrogens is 3. The first-order valence-corrected chi connectivity index (χ1v) is 7.41. The predicted molar refractivity (Wildman–Crippen MR) is 82.7 cm³/mol. The van der Waals surface area contributed by atoms with Crippen molar-refractivity contribution >= 4 is 16.7 Å². The monoisotopic (exact) mass is 288 g/mol. The van der Waals surface area contributed by atoms with E-state index >= 15 is 0 Å². The number of aryl methyl sites for hydroxylation is 1. The third-order valence-electron chi connectivity index (χ3n) is 4.31. The van der Waals surface area contributed by atoms with Gasteiger partial charge in [0.2, 0.25) is 0 Å². The Bertz CT molecular complexity index is 785. The molecule has 1 aliphatic carbocycles. The van der Waals surface area contributed by atoms with Gasteiger partial charge >= 0.3 is 5.69 Å². The van der Waals surface area contributed by atoms with E-state index in [0.717, 1.165) is 23.1 Å². The van der Waals surface area contributed by atoms with Crippen LogP contribution in [0.5, 0.6) is 0 Å². The lowest BCUT2D eigenvalue weighted by Gasteiger charge is -2.24. The van der Waals surface area contributed by atoms with Crippen LogP contribution in [-0.2, 0) is 14.1 Å². The Kier molecular flexibility index (Phi) is 3.53. The first-order valence-electron chi connectivity index (χ1n) is 7.41. The molecule has 1 N–H and O–H groups in total. The standard InChI is InChI=1S/C15H20N4O2/c1-18-13-12(14(20)19(2)15(18)21)11(8-9-16-13)17-10-6-4-3-5-7-10/h8-10H,3-7H2,1-2H3,(H,16,17). The Labute approximate surface area is 122 Å². The zero-order valence-electron chi connectivity index (χ0n) is 12.4. The maximum atomic E-state index is 12.4. The van der Waals surface area contributed by atoms with Crippen molar-refractivity contribution in [2.45, 2.75) is 38.1 Å². The van der Waals surface area contributed by atoms with Gasteiger partial charge in [-0.3, -0.25) is 13.9 Å². The average molecular weight is 288 g/mol. The van der Waals surface area contributed by atoms with Crippen molar-refractivity contribution in [1.29, 1.82) is 0 Å². The van der Waals surface area contributed by atoms with Crippen LogP contribution in [0.2, 0.25) is 0 Å². The second-order valence-electron chi connectivity index (χ2n) is 5.74. The van der Waals surface area contributed by atoms with Crippen molar-refractivity contribution in [2.75, 3.05) is 5.32 Å². The molecule has 1 aliphatic rings. The zero-order valence-corrected chi connectivity index (χ0v) is 12.4. The SMILES string of the molecule is Cn1c(=O)c2c(NC3CCCCC3)ccnc2n(C)c1=O. The lowest BCUT2D eigenvalue weighted by Crippen LogP contribution is -2.38. The predicted octanol–water partition coefficient (Wildman–Crippen LogP) is 1.38. The normalized spacial score (nSPS) is 16.3. The number of nitrogens with zero attached hydrogens (tertiary/aromatic N) is 3. The van der Waals surface area contributed by atoms with Gasteiger partial charge in [-0.15, -0.1) is 0 Å². The van der Waals surface area contributed by atoms with Crippen LogP contribution in [0, 0.1) is 0 Å². The van der Waals surface area contributed by atoms with E-state index in [1.54, 1.807) is 13.2 Å². The van der Waals surface area contributed by atoms with Gasteiger partial charge in [0.25, 0.3) is 5.56 Å². The Morgan fingerprint density at radius 2 is 1.86 bits per heavy atom. The van der Waals surface area contributed by atoms with Crippen LogP contribution in [0.1, 0.15) is 32.1 Å². The molecule has 0 aromatic carbocycles. The quantitative estimate of drug-likeness (QED) is 0.906. The molecule has 0 unspecified atom stereocenters. The van der Waals surface area contributed by atoms with Crippen molar-refractivity contribution in [2.24, 2.45) is 14.1 Å². The second kappa shape index (κ2) is 5.35. The molecule has 0 atom stereocenters. The molecule has 112 valence electrons. The third kappa shape index (κ3) is 2.34. The number of nitrogens with one attached hydrogen (secondary N) is 1. The van der Waals surface area contributed by atoms with Crippen LogP contribution < -0.4 is 16.6 Å². The largest absolute Gasteiger partial charge is 0.382 e. The van der Waals surface area contributed by atoms with E-state index in [1.165, 1.54) is 30.9 Å². The molecule has 0 saturated heterocycles. The first-order chi connectivity index (χ1) is 10.1. The molecule has 2 aromatic heterocycles. The van der Waals surface area contributed by atoms with E-state index in [1.807, 2.05) is 6.07 Å². The molecular weight excluding hydrogens is 268 g/mol. The molecule has 2 heterocycles. The molecule has 6 heteroatoms. The van der Waals surface area contributed by atoms with Crippen molar-refractivity contribution in [3.05, 3.63) is 33.1 Å². The summed E-state index contributed by atoms with van der Waals surface area (Å²) < 4.78 is 2.55. The minimum Gasteiger partial charge on any atom is -0.382 e. The van der Waals surface area contributed by atoms with Crippen molar-refractivity contribution in [3.8, 4) is 0 Å². The van der Waals surface area contributed by atoms with Crippen LogP contribution in [-0.4, -0.2) is 20.2 Å². The van der Waals surface area contributed by atoms with E-state index in [2.05, 4.69) is 10.3 Å². The van der Waals surface area contributed by atoms with E-state index in [-0.39, 0.29) is 11.2 Å². The van der Waals surface area contributed by atoms with Crippen molar-refractivity contribution in [1.82, 2.24) is 14.1 Å². The fraction of sp³-hybridized carbons (Fsp3) is 0.533. The van der Waals surface area contributed by atoms with E-state index in [9.17, 15) is 9.59 Å². The second-order valence-corrected chi connectivity index (χ2v) is 5.74.